The van der Waals surface area contributed by atoms with Crippen LogP contribution in [0.2, 0.25) is 0 Å². The third kappa shape index (κ3) is 4.21. The van der Waals surface area contributed by atoms with E-state index in [0.29, 0.717) is 10.8 Å². The highest BCUT2D eigenvalue weighted by atomic mass is 16.3. The fourth-order valence-electron chi connectivity index (χ4n) is 8.17. The Bertz CT molecular complexity index is 601. The van der Waals surface area contributed by atoms with Gasteiger partial charge in [0, 0.05) is 0 Å². The number of fused-ring (bicyclic) bond motifs is 5. The van der Waals surface area contributed by atoms with Crippen LogP contribution in [0.3, 0.4) is 0 Å². The van der Waals surface area contributed by atoms with E-state index >= 15 is 0 Å². The summed E-state index contributed by atoms with van der Waals surface area (Å²) in [6.45, 7) is 9.97. The molecule has 4 rings (SSSR count). The zero-order valence-electron chi connectivity index (χ0n) is 19.6. The summed E-state index contributed by atoms with van der Waals surface area (Å²) in [6, 6.07) is 0. The maximum absolute atomic E-state index is 10.2. The van der Waals surface area contributed by atoms with Crippen molar-refractivity contribution in [1.82, 2.24) is 0 Å². The van der Waals surface area contributed by atoms with Crippen molar-refractivity contribution in [3.63, 3.8) is 0 Å². The fraction of sp³-hybridized carbons (Fsp3) is 0.857. The first-order valence-electron chi connectivity index (χ1n) is 12.6. The molecule has 0 amide bonds. The van der Waals surface area contributed by atoms with Gasteiger partial charge < -0.3 is 5.11 Å². The number of allylic oxidation sites excluding steroid dienone is 1. The van der Waals surface area contributed by atoms with E-state index < -0.39 is 0 Å². The van der Waals surface area contributed by atoms with E-state index in [2.05, 4.69) is 46.6 Å². The van der Waals surface area contributed by atoms with Gasteiger partial charge in [0.1, 0.15) is 0 Å². The van der Waals surface area contributed by atoms with Crippen LogP contribution < -0.4 is 0 Å². The Hall–Kier alpha value is -0.740. The zero-order valence-corrected chi connectivity index (χ0v) is 19.6. The standard InChI is InChI=1S/C26H44O.C2H2/c1-18(2)7-5-6-8-19-10-12-23-22-11-9-20-17-21(27)13-15-26(20,4)24(22)14-16-25(19,23)3;1-2/h9,18-19,21-24,27H,5-8,10-17H2,1-4H3;1-2H. The molecule has 4 aliphatic carbocycles. The normalized spacial score (nSPS) is 43.4. The van der Waals surface area contributed by atoms with Crippen molar-refractivity contribution in [1.29, 1.82) is 0 Å². The molecule has 7 atom stereocenters. The van der Waals surface area contributed by atoms with E-state index in [1.807, 2.05) is 0 Å². The highest BCUT2D eigenvalue weighted by molar-refractivity contribution is 5.25. The van der Waals surface area contributed by atoms with Gasteiger partial charge in [-0.3, -0.25) is 0 Å². The molecule has 7 unspecified atom stereocenters. The molecule has 0 radical (unpaired) electrons. The van der Waals surface area contributed by atoms with E-state index in [1.54, 1.807) is 5.57 Å². The van der Waals surface area contributed by atoms with Gasteiger partial charge in [0.2, 0.25) is 0 Å². The number of terminal acetylenes is 1. The number of rotatable bonds is 5. The van der Waals surface area contributed by atoms with E-state index in [1.165, 1.54) is 64.2 Å². The third-order valence-electron chi connectivity index (χ3n) is 9.86. The average molecular weight is 399 g/mol. The first-order valence-corrected chi connectivity index (χ1v) is 12.6. The van der Waals surface area contributed by atoms with Crippen molar-refractivity contribution in [3.05, 3.63) is 11.6 Å². The summed E-state index contributed by atoms with van der Waals surface area (Å²) in [7, 11) is 0. The van der Waals surface area contributed by atoms with Crippen LogP contribution in [0.15, 0.2) is 11.6 Å². The molecular weight excluding hydrogens is 352 g/mol. The minimum atomic E-state index is -0.0727. The van der Waals surface area contributed by atoms with Gasteiger partial charge in [0.05, 0.1) is 6.10 Å². The Balaban J connectivity index is 0.00000117. The smallest absolute Gasteiger partial charge is 0.0577 e. The summed E-state index contributed by atoms with van der Waals surface area (Å²) < 4.78 is 0. The van der Waals surface area contributed by atoms with Crippen molar-refractivity contribution in [2.45, 2.75) is 111 Å². The molecule has 0 aromatic heterocycles. The van der Waals surface area contributed by atoms with Crippen molar-refractivity contribution in [2.75, 3.05) is 0 Å². The molecule has 164 valence electrons. The minimum absolute atomic E-state index is 0.0727. The summed E-state index contributed by atoms with van der Waals surface area (Å²) in [5, 5.41) is 10.2. The predicted molar refractivity (Wildman–Crippen MR) is 124 cm³/mol. The summed E-state index contributed by atoms with van der Waals surface area (Å²) in [6.07, 6.45) is 26.7. The zero-order chi connectivity index (χ0) is 21.2. The molecule has 0 aliphatic heterocycles. The molecule has 29 heavy (non-hydrogen) atoms. The Morgan fingerprint density at radius 2 is 1.79 bits per heavy atom. The van der Waals surface area contributed by atoms with Crippen LogP contribution >= 0.6 is 0 Å². The number of hydrogen-bond acceptors (Lipinski definition) is 1. The average Bonchev–Trinajstić information content (AvgIpc) is 3.03. The van der Waals surface area contributed by atoms with Crippen LogP contribution in [0.4, 0.5) is 0 Å². The Morgan fingerprint density at radius 3 is 2.52 bits per heavy atom. The summed E-state index contributed by atoms with van der Waals surface area (Å²) in [5.41, 5.74) is 2.64. The molecule has 0 aromatic rings. The molecule has 1 N–H and O–H groups in total. The number of unbranched alkanes of at least 4 members (excludes halogenated alkanes) is 1. The highest BCUT2D eigenvalue weighted by Crippen LogP contribution is 2.66. The van der Waals surface area contributed by atoms with Crippen LogP contribution in [0.25, 0.3) is 0 Å². The summed E-state index contributed by atoms with van der Waals surface area (Å²) in [4.78, 5) is 0. The largest absolute Gasteiger partial charge is 0.393 e. The summed E-state index contributed by atoms with van der Waals surface area (Å²) >= 11 is 0. The first kappa shape index (κ1) is 22.9. The Kier molecular flexibility index (Phi) is 7.26. The molecule has 0 heterocycles. The monoisotopic (exact) mass is 398 g/mol. The minimum Gasteiger partial charge on any atom is -0.393 e. The molecule has 0 saturated heterocycles. The molecule has 0 spiro atoms. The molecule has 0 aromatic carbocycles. The van der Waals surface area contributed by atoms with Crippen molar-refractivity contribution in [3.8, 4) is 12.8 Å². The molecule has 1 nitrogen and oxygen atoms in total. The van der Waals surface area contributed by atoms with Crippen LogP contribution in [0.5, 0.6) is 0 Å². The fourth-order valence-corrected chi connectivity index (χ4v) is 8.17. The van der Waals surface area contributed by atoms with Crippen molar-refractivity contribution in [2.24, 2.45) is 40.4 Å². The summed E-state index contributed by atoms with van der Waals surface area (Å²) in [5.74, 6) is 4.64. The van der Waals surface area contributed by atoms with Crippen LogP contribution in [-0.2, 0) is 0 Å². The van der Waals surface area contributed by atoms with Gasteiger partial charge in [-0.25, -0.2) is 0 Å². The van der Waals surface area contributed by atoms with Gasteiger partial charge in [0.25, 0.3) is 0 Å². The highest BCUT2D eigenvalue weighted by Gasteiger charge is 2.58. The predicted octanol–water partition coefficient (Wildman–Crippen LogP) is 7.39. The van der Waals surface area contributed by atoms with Crippen LogP contribution in [-0.4, -0.2) is 11.2 Å². The van der Waals surface area contributed by atoms with E-state index in [-0.39, 0.29) is 6.10 Å². The second-order valence-corrected chi connectivity index (χ2v) is 11.7. The lowest BCUT2D eigenvalue weighted by atomic mass is 9.47. The number of aliphatic hydroxyl groups excluding tert-OH is 1. The Labute approximate surface area is 181 Å². The van der Waals surface area contributed by atoms with Crippen LogP contribution in [0.1, 0.15) is 105 Å². The molecular formula is C28H46O. The van der Waals surface area contributed by atoms with Crippen molar-refractivity contribution < 1.29 is 5.11 Å². The Morgan fingerprint density at radius 1 is 1.03 bits per heavy atom. The lowest BCUT2D eigenvalue weighted by Crippen LogP contribution is -2.50. The SMILES string of the molecule is C#C.CC(C)CCCCC1CCC2C3CC=C4CC(O)CCC4(C)C3CCC12C. The molecule has 4 aliphatic rings. The molecule has 1 heteroatoms. The maximum atomic E-state index is 10.2. The van der Waals surface area contributed by atoms with Gasteiger partial charge >= 0.3 is 0 Å². The van der Waals surface area contributed by atoms with E-state index in [0.717, 1.165) is 42.4 Å². The second-order valence-electron chi connectivity index (χ2n) is 11.7. The van der Waals surface area contributed by atoms with E-state index in [4.69, 9.17) is 0 Å². The number of hydrogen-bond donors (Lipinski definition) is 1. The lowest BCUT2D eigenvalue weighted by Gasteiger charge is -2.58. The third-order valence-corrected chi connectivity index (χ3v) is 9.86. The van der Waals surface area contributed by atoms with E-state index in [9.17, 15) is 5.11 Å². The lowest BCUT2D eigenvalue weighted by molar-refractivity contribution is -0.0508. The van der Waals surface area contributed by atoms with Crippen molar-refractivity contribution >= 4 is 0 Å². The molecule has 3 fully saturated rings. The van der Waals surface area contributed by atoms with Crippen LogP contribution in [0, 0.1) is 53.3 Å². The van der Waals surface area contributed by atoms with Gasteiger partial charge in [-0.1, -0.05) is 58.6 Å². The van der Waals surface area contributed by atoms with Gasteiger partial charge in [0.15, 0.2) is 0 Å². The second kappa shape index (κ2) is 9.18. The van der Waals surface area contributed by atoms with Gasteiger partial charge in [-0.05, 0) is 98.2 Å². The topological polar surface area (TPSA) is 20.2 Å². The number of aliphatic hydroxyl groups is 1. The van der Waals surface area contributed by atoms with Gasteiger partial charge in [-0.2, -0.15) is 0 Å². The van der Waals surface area contributed by atoms with Gasteiger partial charge in [-0.15, -0.1) is 12.8 Å². The first-order chi connectivity index (χ1) is 13.8. The molecule has 0 bridgehead atoms. The molecule has 3 saturated carbocycles. The maximum Gasteiger partial charge on any atom is 0.0577 e. The quantitative estimate of drug-likeness (QED) is 0.291.